The van der Waals surface area contributed by atoms with Crippen molar-refractivity contribution in [2.45, 2.75) is 18.9 Å². The third-order valence-corrected chi connectivity index (χ3v) is 2.43. The van der Waals surface area contributed by atoms with E-state index in [1.165, 1.54) is 7.11 Å². The fraction of sp³-hybridized carbons (Fsp3) is 0.500. The normalized spacial score (nSPS) is 11.9. The van der Waals surface area contributed by atoms with Crippen molar-refractivity contribution < 1.29 is 14.6 Å². The zero-order chi connectivity index (χ0) is 12.7. The first-order chi connectivity index (χ1) is 8.13. The number of hydrogen-bond acceptors (Lipinski definition) is 5. The van der Waals surface area contributed by atoms with Gasteiger partial charge < -0.3 is 14.7 Å². The second kappa shape index (κ2) is 6.85. The van der Waals surface area contributed by atoms with Crippen LogP contribution in [0.15, 0.2) is 24.4 Å². The molecule has 0 spiro atoms. The number of rotatable bonds is 6. The summed E-state index contributed by atoms with van der Waals surface area (Å²) in [5, 5.41) is 9.75. The molecule has 5 heteroatoms. The summed E-state index contributed by atoms with van der Waals surface area (Å²) in [5.41, 5.74) is 0. The number of likely N-dealkylation sites (N-methyl/N-ethyl adjacent to an activating group) is 1. The highest BCUT2D eigenvalue weighted by molar-refractivity contribution is 5.69. The highest BCUT2D eigenvalue weighted by Crippen LogP contribution is 2.09. The Hall–Kier alpha value is -1.62. The van der Waals surface area contributed by atoms with Crippen molar-refractivity contribution in [1.82, 2.24) is 4.98 Å². The number of aliphatic hydroxyl groups is 1. The number of ether oxygens (including phenoxy) is 1. The van der Waals surface area contributed by atoms with E-state index in [0.29, 0.717) is 13.0 Å². The second-order valence-corrected chi connectivity index (χ2v) is 3.84. The quantitative estimate of drug-likeness (QED) is 0.744. The number of aromatic nitrogens is 1. The molecule has 0 saturated heterocycles. The zero-order valence-electron chi connectivity index (χ0n) is 10.2. The van der Waals surface area contributed by atoms with Crippen molar-refractivity contribution in [3.05, 3.63) is 24.4 Å². The zero-order valence-corrected chi connectivity index (χ0v) is 10.2. The molecule has 1 aromatic rings. The summed E-state index contributed by atoms with van der Waals surface area (Å²) in [4.78, 5) is 16.9. The maximum atomic E-state index is 10.9. The van der Waals surface area contributed by atoms with Crippen LogP contribution in [0.2, 0.25) is 0 Å². The van der Waals surface area contributed by atoms with Gasteiger partial charge in [0.15, 0.2) is 0 Å². The molecule has 0 aromatic carbocycles. The van der Waals surface area contributed by atoms with Gasteiger partial charge >= 0.3 is 5.97 Å². The number of pyridine rings is 1. The number of carbonyl (C=O) groups excluding carboxylic acids is 1. The van der Waals surface area contributed by atoms with Gasteiger partial charge in [-0.1, -0.05) is 6.07 Å². The minimum atomic E-state index is -0.568. The minimum Gasteiger partial charge on any atom is -0.469 e. The van der Waals surface area contributed by atoms with Crippen LogP contribution < -0.4 is 4.90 Å². The summed E-state index contributed by atoms with van der Waals surface area (Å²) in [6, 6.07) is 5.59. The first-order valence-corrected chi connectivity index (χ1v) is 5.50. The van der Waals surface area contributed by atoms with Crippen molar-refractivity contribution in [3.63, 3.8) is 0 Å². The molecule has 0 radical (unpaired) electrons. The largest absolute Gasteiger partial charge is 0.469 e. The maximum absolute atomic E-state index is 10.9. The number of nitrogens with zero attached hydrogens (tertiary/aromatic N) is 2. The van der Waals surface area contributed by atoms with Gasteiger partial charge in [0.05, 0.1) is 13.2 Å². The van der Waals surface area contributed by atoms with Crippen molar-refractivity contribution >= 4 is 11.8 Å². The van der Waals surface area contributed by atoms with Gasteiger partial charge in [-0.05, 0) is 18.6 Å². The van der Waals surface area contributed by atoms with Gasteiger partial charge in [0.2, 0.25) is 0 Å². The third-order valence-electron chi connectivity index (χ3n) is 2.43. The highest BCUT2D eigenvalue weighted by atomic mass is 16.5. The molecule has 5 nitrogen and oxygen atoms in total. The lowest BCUT2D eigenvalue weighted by molar-refractivity contribution is -0.141. The Labute approximate surface area is 101 Å². The lowest BCUT2D eigenvalue weighted by Crippen LogP contribution is -2.30. The summed E-state index contributed by atoms with van der Waals surface area (Å²) in [6.07, 6.45) is 1.76. The van der Waals surface area contributed by atoms with Crippen molar-refractivity contribution in [3.8, 4) is 0 Å². The molecular formula is C12H18N2O3. The average Bonchev–Trinajstić information content (AvgIpc) is 2.36. The Morgan fingerprint density at radius 2 is 2.35 bits per heavy atom. The molecule has 0 amide bonds. The monoisotopic (exact) mass is 238 g/mol. The molecule has 1 unspecified atom stereocenters. The molecule has 0 bridgehead atoms. The van der Waals surface area contributed by atoms with Gasteiger partial charge in [0.1, 0.15) is 5.82 Å². The van der Waals surface area contributed by atoms with Gasteiger partial charge in [-0.25, -0.2) is 4.98 Å². The molecule has 0 fully saturated rings. The van der Waals surface area contributed by atoms with Gasteiger partial charge in [-0.15, -0.1) is 0 Å². The van der Waals surface area contributed by atoms with E-state index >= 15 is 0 Å². The molecule has 94 valence electrons. The Morgan fingerprint density at radius 3 is 2.94 bits per heavy atom. The van der Waals surface area contributed by atoms with Gasteiger partial charge in [-0.2, -0.15) is 0 Å². The standard InChI is InChI=1S/C12H18N2O3/c1-14(11-5-3-4-8-13-11)9-10(15)6-7-12(16)17-2/h3-5,8,10,15H,6-7,9H2,1-2H3. The van der Waals surface area contributed by atoms with E-state index in [2.05, 4.69) is 9.72 Å². The van der Waals surface area contributed by atoms with Crippen LogP contribution in [0.4, 0.5) is 5.82 Å². The predicted octanol–water partition coefficient (Wildman–Crippen LogP) is 0.832. The van der Waals surface area contributed by atoms with E-state index in [1.54, 1.807) is 6.20 Å². The van der Waals surface area contributed by atoms with E-state index in [-0.39, 0.29) is 12.4 Å². The summed E-state index contributed by atoms with van der Waals surface area (Å²) in [7, 11) is 3.19. The number of methoxy groups -OCH3 is 1. The van der Waals surface area contributed by atoms with Crippen LogP contribution in [0.5, 0.6) is 0 Å². The van der Waals surface area contributed by atoms with E-state index in [9.17, 15) is 9.90 Å². The number of esters is 1. The fourth-order valence-corrected chi connectivity index (χ4v) is 1.47. The van der Waals surface area contributed by atoms with Gasteiger partial charge in [0.25, 0.3) is 0 Å². The number of carbonyl (C=O) groups is 1. The van der Waals surface area contributed by atoms with Crippen LogP contribution in [0.3, 0.4) is 0 Å². The van der Waals surface area contributed by atoms with Crippen LogP contribution in [-0.4, -0.2) is 42.9 Å². The maximum Gasteiger partial charge on any atom is 0.305 e. The van der Waals surface area contributed by atoms with Gasteiger partial charge in [-0.3, -0.25) is 4.79 Å². The number of anilines is 1. The van der Waals surface area contributed by atoms with E-state index in [4.69, 9.17) is 0 Å². The average molecular weight is 238 g/mol. The predicted molar refractivity (Wildman–Crippen MR) is 64.8 cm³/mol. The lowest BCUT2D eigenvalue weighted by Gasteiger charge is -2.21. The molecule has 17 heavy (non-hydrogen) atoms. The first-order valence-electron chi connectivity index (χ1n) is 5.50. The Bertz CT molecular complexity index is 343. The number of hydrogen-bond donors (Lipinski definition) is 1. The summed E-state index contributed by atoms with van der Waals surface area (Å²) < 4.78 is 4.51. The topological polar surface area (TPSA) is 62.7 Å². The molecule has 0 aliphatic rings. The fourth-order valence-electron chi connectivity index (χ4n) is 1.47. The summed E-state index contributed by atoms with van der Waals surface area (Å²) in [5.74, 6) is 0.495. The lowest BCUT2D eigenvalue weighted by atomic mass is 10.2. The van der Waals surface area contributed by atoms with Crippen LogP contribution >= 0.6 is 0 Å². The molecule has 1 aromatic heterocycles. The molecule has 1 heterocycles. The molecular weight excluding hydrogens is 220 g/mol. The molecule has 1 N–H and O–H groups in total. The van der Waals surface area contributed by atoms with Crippen molar-refractivity contribution in [1.29, 1.82) is 0 Å². The number of aliphatic hydroxyl groups excluding tert-OH is 1. The summed E-state index contributed by atoms with van der Waals surface area (Å²) >= 11 is 0. The van der Waals surface area contributed by atoms with E-state index in [0.717, 1.165) is 5.82 Å². The molecule has 0 aliphatic heterocycles. The molecule has 0 aliphatic carbocycles. The van der Waals surface area contributed by atoms with Crippen LogP contribution in [-0.2, 0) is 9.53 Å². The summed E-state index contributed by atoms with van der Waals surface area (Å²) in [6.45, 7) is 0.438. The minimum absolute atomic E-state index is 0.230. The third kappa shape index (κ3) is 4.82. The van der Waals surface area contributed by atoms with Crippen LogP contribution in [0, 0.1) is 0 Å². The molecule has 1 rings (SSSR count). The molecule has 1 atom stereocenters. The first kappa shape index (κ1) is 13.4. The van der Waals surface area contributed by atoms with Gasteiger partial charge in [0, 0.05) is 26.2 Å². The molecule has 0 saturated carbocycles. The van der Waals surface area contributed by atoms with Crippen LogP contribution in [0.25, 0.3) is 0 Å². The van der Waals surface area contributed by atoms with E-state index < -0.39 is 6.10 Å². The highest BCUT2D eigenvalue weighted by Gasteiger charge is 2.11. The Balaban J connectivity index is 2.36. The smallest absolute Gasteiger partial charge is 0.305 e. The Kier molecular flexibility index (Phi) is 5.42. The Morgan fingerprint density at radius 1 is 1.59 bits per heavy atom. The van der Waals surface area contributed by atoms with Crippen molar-refractivity contribution in [2.24, 2.45) is 0 Å². The SMILES string of the molecule is COC(=O)CCC(O)CN(C)c1ccccn1. The van der Waals surface area contributed by atoms with Crippen LogP contribution in [0.1, 0.15) is 12.8 Å². The second-order valence-electron chi connectivity index (χ2n) is 3.84. The van der Waals surface area contributed by atoms with Crippen molar-refractivity contribution in [2.75, 3.05) is 25.6 Å². The van der Waals surface area contributed by atoms with E-state index in [1.807, 2.05) is 30.1 Å².